The highest BCUT2D eigenvalue weighted by Gasteiger charge is 2.52. The molecule has 2 heterocycles. The van der Waals surface area contributed by atoms with Crippen LogP contribution in [0.1, 0.15) is 38.9 Å². The van der Waals surface area contributed by atoms with Crippen LogP contribution < -0.4 is 5.46 Å². The number of aromatic nitrogens is 1. The van der Waals surface area contributed by atoms with E-state index in [-0.39, 0.29) is 11.9 Å². The summed E-state index contributed by atoms with van der Waals surface area (Å²) in [5.74, 6) is 0. The Labute approximate surface area is 126 Å². The van der Waals surface area contributed by atoms with Gasteiger partial charge in [-0.3, -0.25) is 4.98 Å². The van der Waals surface area contributed by atoms with E-state index in [1.54, 1.807) is 24.3 Å². The van der Waals surface area contributed by atoms with Gasteiger partial charge in [-0.15, -0.1) is 0 Å². The molecule has 1 aromatic heterocycles. The van der Waals surface area contributed by atoms with Crippen LogP contribution in [0.15, 0.2) is 30.4 Å². The van der Waals surface area contributed by atoms with Gasteiger partial charge in [0.1, 0.15) is 0 Å². The summed E-state index contributed by atoms with van der Waals surface area (Å²) in [5, 5.41) is 1.13. The fourth-order valence-electron chi connectivity index (χ4n) is 2.30. The minimum absolute atomic E-state index is 0.0663. The molecule has 104 valence electrons. The summed E-state index contributed by atoms with van der Waals surface area (Å²) in [5.41, 5.74) is -0.692. The fraction of sp³-hybridized carbons (Fsp3) is 0.438. The van der Waals surface area contributed by atoms with Gasteiger partial charge in [0, 0.05) is 26.8 Å². The second-order valence-corrected chi connectivity index (χ2v) is 6.12. The van der Waals surface area contributed by atoms with Gasteiger partial charge in [-0.05, 0) is 39.9 Å². The standard InChI is InChI=1S/C16H20BNO2/c1-11-12-8-6-7-9-13(12)14(10-18-11)17-19-15(2,3)16(4,5)20-17/h6-10H,1-5H3/i1D3,10D. The van der Waals surface area contributed by atoms with Gasteiger partial charge in [0.25, 0.3) is 0 Å². The molecule has 0 spiro atoms. The summed E-state index contributed by atoms with van der Waals surface area (Å²) in [6.45, 7) is 5.35. The Hall–Kier alpha value is -1.39. The third-order valence-electron chi connectivity index (χ3n) is 4.25. The van der Waals surface area contributed by atoms with Crippen molar-refractivity contribution in [1.29, 1.82) is 0 Å². The van der Waals surface area contributed by atoms with Crippen molar-refractivity contribution in [2.75, 3.05) is 0 Å². The minimum atomic E-state index is -2.39. The molecule has 0 bridgehead atoms. The zero-order chi connectivity index (χ0) is 17.9. The lowest BCUT2D eigenvalue weighted by Crippen LogP contribution is -2.41. The van der Waals surface area contributed by atoms with Gasteiger partial charge < -0.3 is 9.31 Å². The smallest absolute Gasteiger partial charge is 0.399 e. The van der Waals surface area contributed by atoms with E-state index in [9.17, 15) is 0 Å². The summed E-state index contributed by atoms with van der Waals surface area (Å²) in [6, 6.07) is 7.06. The van der Waals surface area contributed by atoms with Gasteiger partial charge in [0.15, 0.2) is 0 Å². The van der Waals surface area contributed by atoms with Crippen molar-refractivity contribution in [2.45, 2.75) is 45.7 Å². The maximum Gasteiger partial charge on any atom is 0.497 e. The van der Waals surface area contributed by atoms with Crippen molar-refractivity contribution >= 4 is 23.4 Å². The SMILES string of the molecule is [2H]c1nc(C([2H])([2H])[2H])c2ccccc2c1B1OC(C)(C)C(C)(C)O1. The van der Waals surface area contributed by atoms with E-state index in [1.165, 1.54) is 0 Å². The van der Waals surface area contributed by atoms with Crippen LogP contribution in [0.4, 0.5) is 0 Å². The highest BCUT2D eigenvalue weighted by molar-refractivity contribution is 6.65. The van der Waals surface area contributed by atoms with Crippen molar-refractivity contribution in [3.63, 3.8) is 0 Å². The molecule has 2 aromatic rings. The lowest BCUT2D eigenvalue weighted by molar-refractivity contribution is 0.00578. The van der Waals surface area contributed by atoms with Crippen molar-refractivity contribution in [3.8, 4) is 0 Å². The van der Waals surface area contributed by atoms with E-state index in [0.29, 0.717) is 16.2 Å². The average molecular weight is 273 g/mol. The quantitative estimate of drug-likeness (QED) is 0.749. The molecule has 1 fully saturated rings. The molecule has 4 heteroatoms. The van der Waals surface area contributed by atoms with E-state index >= 15 is 0 Å². The lowest BCUT2D eigenvalue weighted by Gasteiger charge is -2.32. The second kappa shape index (κ2) is 4.30. The summed E-state index contributed by atoms with van der Waals surface area (Å²) in [7, 11) is -0.759. The molecule has 0 amide bonds. The molecular formula is C16H20BNO2. The Kier molecular flexibility index (Phi) is 2.05. The number of aryl methyl sites for hydroxylation is 1. The zero-order valence-corrected chi connectivity index (χ0v) is 12.2. The van der Waals surface area contributed by atoms with E-state index in [1.807, 2.05) is 27.7 Å². The molecule has 3 nitrogen and oxygen atoms in total. The maximum atomic E-state index is 8.28. The molecule has 0 unspecified atom stereocenters. The fourth-order valence-corrected chi connectivity index (χ4v) is 2.30. The molecule has 20 heavy (non-hydrogen) atoms. The monoisotopic (exact) mass is 273 g/mol. The largest absolute Gasteiger partial charge is 0.497 e. The topological polar surface area (TPSA) is 31.4 Å². The van der Waals surface area contributed by atoms with Crippen molar-refractivity contribution in [3.05, 3.63) is 36.1 Å². The molecule has 1 aliphatic rings. The Balaban J connectivity index is 2.23. The normalized spacial score (nSPS) is 24.1. The van der Waals surface area contributed by atoms with E-state index < -0.39 is 25.2 Å². The Bertz CT molecular complexity index is 788. The number of nitrogens with zero attached hydrogens (tertiary/aromatic N) is 1. The first kappa shape index (κ1) is 9.53. The van der Waals surface area contributed by atoms with E-state index in [4.69, 9.17) is 14.8 Å². The van der Waals surface area contributed by atoms with E-state index in [2.05, 4.69) is 4.98 Å². The summed E-state index contributed by atoms with van der Waals surface area (Å²) < 4.78 is 43.4. The van der Waals surface area contributed by atoms with Gasteiger partial charge in [-0.2, -0.15) is 0 Å². The lowest BCUT2D eigenvalue weighted by atomic mass is 9.77. The van der Waals surface area contributed by atoms with Crippen LogP contribution in [0.25, 0.3) is 10.8 Å². The summed E-state index contributed by atoms with van der Waals surface area (Å²) >= 11 is 0. The molecule has 1 aromatic carbocycles. The number of rotatable bonds is 1. The van der Waals surface area contributed by atoms with Crippen LogP contribution in [-0.2, 0) is 9.31 Å². The van der Waals surface area contributed by atoms with Gasteiger partial charge in [-0.1, -0.05) is 24.3 Å². The molecular weight excluding hydrogens is 249 g/mol. The predicted octanol–water partition coefficient (Wildman–Crippen LogP) is 2.84. The number of benzene rings is 1. The van der Waals surface area contributed by atoms with Gasteiger partial charge in [0.05, 0.1) is 12.6 Å². The molecule has 0 aliphatic carbocycles. The Morgan fingerprint density at radius 1 is 1.10 bits per heavy atom. The molecule has 0 atom stereocenters. The Morgan fingerprint density at radius 3 is 2.30 bits per heavy atom. The predicted molar refractivity (Wildman–Crippen MR) is 82.2 cm³/mol. The average Bonchev–Trinajstić information content (AvgIpc) is 2.65. The van der Waals surface area contributed by atoms with Crippen LogP contribution in [0, 0.1) is 6.85 Å². The van der Waals surface area contributed by atoms with Crippen LogP contribution in [-0.4, -0.2) is 23.3 Å². The molecule has 1 saturated heterocycles. The first-order valence-corrected chi connectivity index (χ1v) is 6.69. The zero-order valence-electron chi connectivity index (χ0n) is 16.2. The minimum Gasteiger partial charge on any atom is -0.399 e. The highest BCUT2D eigenvalue weighted by Crippen LogP contribution is 2.37. The Morgan fingerprint density at radius 2 is 1.70 bits per heavy atom. The number of hydrogen-bond acceptors (Lipinski definition) is 3. The van der Waals surface area contributed by atoms with Crippen LogP contribution in [0.3, 0.4) is 0 Å². The molecule has 0 radical (unpaired) electrons. The maximum absolute atomic E-state index is 8.28. The van der Waals surface area contributed by atoms with Gasteiger partial charge in [-0.25, -0.2) is 0 Å². The van der Waals surface area contributed by atoms with Crippen molar-refractivity contribution in [2.24, 2.45) is 0 Å². The third-order valence-corrected chi connectivity index (χ3v) is 4.25. The summed E-state index contributed by atoms with van der Waals surface area (Å²) in [4.78, 5) is 4.06. The van der Waals surface area contributed by atoms with Crippen LogP contribution >= 0.6 is 0 Å². The van der Waals surface area contributed by atoms with E-state index in [0.717, 1.165) is 0 Å². The van der Waals surface area contributed by atoms with Crippen LogP contribution in [0.5, 0.6) is 0 Å². The highest BCUT2D eigenvalue weighted by atomic mass is 16.7. The molecule has 3 rings (SSSR count). The molecule has 1 aliphatic heterocycles. The number of fused-ring (bicyclic) bond motifs is 1. The molecule has 0 N–H and O–H groups in total. The third kappa shape index (κ3) is 1.95. The van der Waals surface area contributed by atoms with Gasteiger partial charge in [0.2, 0.25) is 0 Å². The first-order chi connectivity index (χ1) is 10.9. The van der Waals surface area contributed by atoms with Crippen molar-refractivity contribution < 1.29 is 14.8 Å². The number of pyridine rings is 1. The number of hydrogen-bond donors (Lipinski definition) is 0. The first-order valence-electron chi connectivity index (χ1n) is 8.69. The second-order valence-electron chi connectivity index (χ2n) is 6.12. The van der Waals surface area contributed by atoms with Gasteiger partial charge >= 0.3 is 7.12 Å². The van der Waals surface area contributed by atoms with Crippen LogP contribution in [0.2, 0.25) is 0 Å². The van der Waals surface area contributed by atoms with Crippen molar-refractivity contribution in [1.82, 2.24) is 4.98 Å². The summed E-state index contributed by atoms with van der Waals surface area (Å²) in [6.07, 6.45) is -0.127. The molecule has 0 saturated carbocycles.